The molecule has 24 heavy (non-hydrogen) atoms. The SMILES string of the molecule is NC(=O)c1cc2nccnc2c(/C=C(Cl)/C=C\c2ccn[nH]2)c1N. The Morgan fingerprint density at radius 3 is 2.75 bits per heavy atom. The Hall–Kier alpha value is -3.19. The highest BCUT2D eigenvalue weighted by Crippen LogP contribution is 2.28. The predicted molar refractivity (Wildman–Crippen MR) is 93.9 cm³/mol. The molecule has 0 aliphatic rings. The Labute approximate surface area is 142 Å². The maximum atomic E-state index is 11.6. The van der Waals surface area contributed by atoms with Crippen LogP contribution in [-0.4, -0.2) is 26.1 Å². The highest BCUT2D eigenvalue weighted by atomic mass is 35.5. The van der Waals surface area contributed by atoms with E-state index in [0.717, 1.165) is 5.69 Å². The van der Waals surface area contributed by atoms with Crippen LogP contribution in [0.3, 0.4) is 0 Å². The molecule has 0 unspecified atom stereocenters. The van der Waals surface area contributed by atoms with Gasteiger partial charge in [0, 0.05) is 29.2 Å². The molecule has 2 aromatic heterocycles. The van der Waals surface area contributed by atoms with Gasteiger partial charge in [-0.15, -0.1) is 0 Å². The lowest BCUT2D eigenvalue weighted by Crippen LogP contribution is -2.14. The molecule has 8 heteroatoms. The summed E-state index contributed by atoms with van der Waals surface area (Å²) in [6.45, 7) is 0. The number of primary amides is 1. The summed E-state index contributed by atoms with van der Waals surface area (Å²) in [5.41, 5.74) is 14.2. The zero-order valence-corrected chi connectivity index (χ0v) is 13.2. The lowest BCUT2D eigenvalue weighted by molar-refractivity contribution is 0.100. The molecule has 0 radical (unpaired) electrons. The Morgan fingerprint density at radius 2 is 2.04 bits per heavy atom. The van der Waals surface area contributed by atoms with E-state index in [2.05, 4.69) is 20.2 Å². The van der Waals surface area contributed by atoms with Gasteiger partial charge < -0.3 is 11.5 Å². The van der Waals surface area contributed by atoms with Crippen LogP contribution in [0.15, 0.2) is 41.8 Å². The second kappa shape index (κ2) is 6.51. The fourth-order valence-electron chi connectivity index (χ4n) is 2.21. The van der Waals surface area contributed by atoms with Gasteiger partial charge in [-0.1, -0.05) is 11.6 Å². The summed E-state index contributed by atoms with van der Waals surface area (Å²) in [5, 5.41) is 7.03. The Balaban J connectivity index is 2.12. The van der Waals surface area contributed by atoms with Crippen LogP contribution < -0.4 is 11.5 Å². The van der Waals surface area contributed by atoms with E-state index in [0.29, 0.717) is 21.6 Å². The van der Waals surface area contributed by atoms with Crippen LogP contribution in [0.4, 0.5) is 5.69 Å². The third-order valence-corrected chi connectivity index (χ3v) is 3.57. The van der Waals surface area contributed by atoms with Gasteiger partial charge in [0.1, 0.15) is 0 Å². The van der Waals surface area contributed by atoms with E-state index >= 15 is 0 Å². The summed E-state index contributed by atoms with van der Waals surface area (Å²) in [7, 11) is 0. The average Bonchev–Trinajstić information content (AvgIpc) is 3.08. The molecule has 5 N–H and O–H groups in total. The van der Waals surface area contributed by atoms with Crippen molar-refractivity contribution < 1.29 is 4.79 Å². The monoisotopic (exact) mass is 340 g/mol. The van der Waals surface area contributed by atoms with E-state index in [-0.39, 0.29) is 11.3 Å². The average molecular weight is 341 g/mol. The number of carbonyl (C=O) groups is 1. The number of benzene rings is 1. The zero-order valence-electron chi connectivity index (χ0n) is 12.4. The number of halogens is 1. The van der Waals surface area contributed by atoms with Crippen molar-refractivity contribution >= 4 is 46.4 Å². The standard InChI is InChI=1S/C16H13ClN6O/c17-9(1-2-10-3-4-22-23-10)7-11-14(18)12(16(19)24)8-13-15(11)21-6-5-20-13/h1-8H,18H2,(H2,19,24)(H,22,23)/b2-1-,9-7-. The largest absolute Gasteiger partial charge is 0.398 e. The number of nitrogens with one attached hydrogen (secondary N) is 1. The molecular weight excluding hydrogens is 328 g/mol. The first-order valence-corrected chi connectivity index (χ1v) is 7.31. The van der Waals surface area contributed by atoms with Crippen LogP contribution in [0, 0.1) is 0 Å². The number of H-pyrrole nitrogens is 1. The van der Waals surface area contributed by atoms with Crippen molar-refractivity contribution in [2.24, 2.45) is 5.73 Å². The van der Waals surface area contributed by atoms with E-state index in [9.17, 15) is 4.79 Å². The molecule has 0 aliphatic heterocycles. The molecule has 0 bridgehead atoms. The number of nitrogens with two attached hydrogens (primary N) is 2. The van der Waals surface area contributed by atoms with E-state index in [1.165, 1.54) is 18.5 Å². The van der Waals surface area contributed by atoms with Gasteiger partial charge in [-0.2, -0.15) is 5.10 Å². The first kappa shape index (κ1) is 15.7. The van der Waals surface area contributed by atoms with Crippen LogP contribution in [0.25, 0.3) is 23.2 Å². The van der Waals surface area contributed by atoms with Crippen molar-refractivity contribution in [2.75, 3.05) is 5.73 Å². The molecule has 0 saturated heterocycles. The Morgan fingerprint density at radius 1 is 1.25 bits per heavy atom. The minimum absolute atomic E-state index is 0.177. The number of nitrogen functional groups attached to an aromatic ring is 1. The second-order valence-electron chi connectivity index (χ2n) is 4.91. The van der Waals surface area contributed by atoms with Crippen LogP contribution in [-0.2, 0) is 0 Å². The fraction of sp³-hybridized carbons (Fsp3) is 0. The van der Waals surface area contributed by atoms with E-state index < -0.39 is 5.91 Å². The molecule has 0 fully saturated rings. The van der Waals surface area contributed by atoms with Crippen LogP contribution in [0.1, 0.15) is 21.6 Å². The number of nitrogens with zero attached hydrogens (tertiary/aromatic N) is 3. The van der Waals surface area contributed by atoms with Crippen LogP contribution >= 0.6 is 11.6 Å². The van der Waals surface area contributed by atoms with Crippen molar-refractivity contribution in [1.29, 1.82) is 0 Å². The smallest absolute Gasteiger partial charge is 0.250 e. The van der Waals surface area contributed by atoms with E-state index in [4.69, 9.17) is 23.1 Å². The zero-order chi connectivity index (χ0) is 17.1. The minimum atomic E-state index is -0.640. The molecule has 2 heterocycles. The van der Waals surface area contributed by atoms with Gasteiger partial charge in [-0.05, 0) is 30.4 Å². The van der Waals surface area contributed by atoms with Crippen molar-refractivity contribution in [2.45, 2.75) is 0 Å². The molecule has 7 nitrogen and oxygen atoms in total. The number of anilines is 1. The number of fused-ring (bicyclic) bond motifs is 1. The van der Waals surface area contributed by atoms with Gasteiger partial charge in [0.2, 0.25) is 0 Å². The van der Waals surface area contributed by atoms with Crippen molar-refractivity contribution in [3.63, 3.8) is 0 Å². The van der Waals surface area contributed by atoms with Gasteiger partial charge in [-0.3, -0.25) is 19.9 Å². The summed E-state index contributed by atoms with van der Waals surface area (Å²) >= 11 is 6.26. The fourth-order valence-corrected chi connectivity index (χ4v) is 2.39. The number of aromatic amines is 1. The van der Waals surface area contributed by atoms with Crippen molar-refractivity contribution in [1.82, 2.24) is 20.2 Å². The molecule has 3 rings (SSSR count). The Kier molecular flexibility index (Phi) is 4.26. The highest BCUT2D eigenvalue weighted by molar-refractivity contribution is 6.34. The Bertz CT molecular complexity index is 962. The lowest BCUT2D eigenvalue weighted by Gasteiger charge is -2.09. The second-order valence-corrected chi connectivity index (χ2v) is 5.35. The molecule has 1 aromatic carbocycles. The molecule has 3 aromatic rings. The molecule has 1 amide bonds. The molecule has 0 saturated carbocycles. The summed E-state index contributed by atoms with van der Waals surface area (Å²) in [5.74, 6) is -0.640. The summed E-state index contributed by atoms with van der Waals surface area (Å²) in [6, 6.07) is 3.31. The third kappa shape index (κ3) is 3.11. The van der Waals surface area contributed by atoms with Crippen molar-refractivity contribution in [3.05, 3.63) is 58.7 Å². The van der Waals surface area contributed by atoms with Crippen molar-refractivity contribution in [3.8, 4) is 0 Å². The molecular formula is C16H13ClN6O. The van der Waals surface area contributed by atoms with E-state index in [1.807, 2.05) is 0 Å². The van der Waals surface area contributed by atoms with Gasteiger partial charge >= 0.3 is 0 Å². The first-order chi connectivity index (χ1) is 11.6. The summed E-state index contributed by atoms with van der Waals surface area (Å²) < 4.78 is 0. The number of rotatable bonds is 4. The molecule has 0 atom stereocenters. The summed E-state index contributed by atoms with van der Waals surface area (Å²) in [6.07, 6.45) is 9.75. The highest BCUT2D eigenvalue weighted by Gasteiger charge is 2.14. The maximum absolute atomic E-state index is 11.6. The first-order valence-electron chi connectivity index (χ1n) is 6.94. The third-order valence-electron chi connectivity index (χ3n) is 3.34. The lowest BCUT2D eigenvalue weighted by atomic mass is 10.0. The van der Waals surface area contributed by atoms with Gasteiger partial charge in [-0.25, -0.2) is 0 Å². The number of hydrogen-bond acceptors (Lipinski definition) is 5. The van der Waals surface area contributed by atoms with Gasteiger partial charge in [0.15, 0.2) is 0 Å². The number of hydrogen-bond donors (Lipinski definition) is 3. The number of aromatic nitrogens is 4. The summed E-state index contributed by atoms with van der Waals surface area (Å²) in [4.78, 5) is 20.1. The topological polar surface area (TPSA) is 124 Å². The molecule has 120 valence electrons. The maximum Gasteiger partial charge on any atom is 0.250 e. The normalized spacial score (nSPS) is 12.1. The molecule has 0 aliphatic carbocycles. The van der Waals surface area contributed by atoms with Gasteiger partial charge in [0.25, 0.3) is 5.91 Å². The molecule has 0 spiro atoms. The minimum Gasteiger partial charge on any atom is -0.398 e. The van der Waals surface area contributed by atoms with Crippen LogP contribution in [0.5, 0.6) is 0 Å². The quantitative estimate of drug-likeness (QED) is 0.496. The van der Waals surface area contributed by atoms with E-state index in [1.54, 1.807) is 30.5 Å². The number of amides is 1. The van der Waals surface area contributed by atoms with Crippen LogP contribution in [0.2, 0.25) is 0 Å². The number of carbonyl (C=O) groups excluding carboxylic acids is 1. The van der Waals surface area contributed by atoms with Gasteiger partial charge in [0.05, 0.1) is 28.0 Å². The number of allylic oxidation sites excluding steroid dienone is 2. The predicted octanol–water partition coefficient (Wildman–Crippen LogP) is 2.33.